The summed E-state index contributed by atoms with van der Waals surface area (Å²) >= 11 is 0. The zero-order chi connectivity index (χ0) is 16.1. The van der Waals surface area contributed by atoms with Crippen LogP contribution >= 0.6 is 0 Å². The van der Waals surface area contributed by atoms with Crippen LogP contribution < -0.4 is 0 Å². The molecule has 2 atom stereocenters. The van der Waals surface area contributed by atoms with E-state index in [9.17, 15) is 27.9 Å². The monoisotopic (exact) mass is 311 g/mol. The molecule has 1 aromatic heterocycles. The fourth-order valence-electron chi connectivity index (χ4n) is 3.59. The molecule has 0 spiro atoms. The van der Waals surface area contributed by atoms with E-state index in [1.54, 1.807) is 0 Å². The summed E-state index contributed by atoms with van der Waals surface area (Å²) in [6, 6.07) is 2.93. The molecule has 0 radical (unpaired) electrons. The van der Waals surface area contributed by atoms with Gasteiger partial charge < -0.3 is 5.11 Å². The first-order valence-electron chi connectivity index (χ1n) is 6.73. The van der Waals surface area contributed by atoms with Crippen LogP contribution in [0.2, 0.25) is 0 Å². The van der Waals surface area contributed by atoms with Gasteiger partial charge in [-0.3, -0.25) is 14.6 Å². The molecule has 116 valence electrons. The highest BCUT2D eigenvalue weighted by atomic mass is 19.4. The van der Waals surface area contributed by atoms with Gasteiger partial charge in [0.05, 0.1) is 0 Å². The second-order valence-electron chi connectivity index (χ2n) is 5.67. The van der Waals surface area contributed by atoms with Crippen LogP contribution in [0.3, 0.4) is 0 Å². The predicted octanol–water partition coefficient (Wildman–Crippen LogP) is 2.43. The molecule has 1 saturated carbocycles. The van der Waals surface area contributed by atoms with Crippen LogP contribution in [-0.2, 0) is 21.4 Å². The number of nitrogens with zero attached hydrogens (tertiary/aromatic N) is 1. The normalized spacial score (nSPS) is 29.3. The number of hydrogen-bond acceptors (Lipinski definition) is 3. The van der Waals surface area contributed by atoms with Crippen LogP contribution in [0.15, 0.2) is 30.0 Å². The van der Waals surface area contributed by atoms with E-state index in [0.29, 0.717) is 5.69 Å². The van der Waals surface area contributed by atoms with Gasteiger partial charge in [0, 0.05) is 30.8 Å². The van der Waals surface area contributed by atoms with Crippen molar-refractivity contribution in [1.29, 1.82) is 0 Å². The van der Waals surface area contributed by atoms with Crippen LogP contribution in [0.25, 0.3) is 0 Å². The minimum Gasteiger partial charge on any atom is -0.480 e. The zero-order valence-electron chi connectivity index (χ0n) is 11.4. The molecular weight excluding hydrogens is 299 g/mol. The number of carboxylic acid groups (broad SMARTS) is 1. The summed E-state index contributed by atoms with van der Waals surface area (Å²) in [7, 11) is 0. The molecule has 1 aromatic rings. The van der Waals surface area contributed by atoms with Crippen molar-refractivity contribution in [2.24, 2.45) is 5.92 Å². The number of fused-ring (bicyclic) bond motifs is 4. The Balaban J connectivity index is 2.32. The summed E-state index contributed by atoms with van der Waals surface area (Å²) < 4.78 is 38.7. The number of pyridine rings is 1. The van der Waals surface area contributed by atoms with Gasteiger partial charge in [0.25, 0.3) is 0 Å². The molecular formula is C15H12F3NO3. The van der Waals surface area contributed by atoms with Crippen molar-refractivity contribution >= 4 is 11.8 Å². The third kappa shape index (κ3) is 2.12. The van der Waals surface area contributed by atoms with E-state index in [1.165, 1.54) is 18.3 Å². The quantitative estimate of drug-likeness (QED) is 0.809. The molecule has 7 heteroatoms. The third-order valence-electron chi connectivity index (χ3n) is 4.34. The first kappa shape index (κ1) is 14.7. The van der Waals surface area contributed by atoms with Crippen LogP contribution in [0, 0.1) is 5.92 Å². The van der Waals surface area contributed by atoms with Crippen molar-refractivity contribution in [3.63, 3.8) is 0 Å². The standard InChI is InChI=1S/C15H12F3NO3/c16-15(17,18)7-11-8-4-9(20)6-14(11,13(21)22)10-2-1-3-19-12(10)5-8/h1-3,7-8H,4-6H2,(H,21,22)/b11-7+. The van der Waals surface area contributed by atoms with Gasteiger partial charge in [-0.25, -0.2) is 0 Å². The van der Waals surface area contributed by atoms with Crippen molar-refractivity contribution in [2.75, 3.05) is 0 Å². The average molecular weight is 311 g/mol. The predicted molar refractivity (Wildman–Crippen MR) is 69.1 cm³/mol. The Labute approximate surface area is 123 Å². The number of ketones is 1. The van der Waals surface area contributed by atoms with Crippen molar-refractivity contribution in [3.05, 3.63) is 41.2 Å². The molecule has 2 aliphatic carbocycles. The number of carbonyl (C=O) groups is 2. The van der Waals surface area contributed by atoms with Crippen molar-refractivity contribution in [2.45, 2.75) is 30.9 Å². The fourth-order valence-corrected chi connectivity index (χ4v) is 3.59. The lowest BCUT2D eigenvalue weighted by Crippen LogP contribution is -2.50. The lowest BCUT2D eigenvalue weighted by molar-refractivity contribution is -0.146. The number of aliphatic carboxylic acids is 1. The van der Waals surface area contributed by atoms with Gasteiger partial charge in [-0.2, -0.15) is 13.2 Å². The van der Waals surface area contributed by atoms with Crippen LogP contribution in [0.4, 0.5) is 13.2 Å². The Morgan fingerprint density at radius 3 is 2.77 bits per heavy atom. The number of carboxylic acids is 1. The Morgan fingerprint density at radius 1 is 1.41 bits per heavy atom. The Morgan fingerprint density at radius 2 is 2.14 bits per heavy atom. The molecule has 1 fully saturated rings. The minimum absolute atomic E-state index is 0.0637. The van der Waals surface area contributed by atoms with Crippen LogP contribution in [-0.4, -0.2) is 28.0 Å². The number of rotatable bonds is 1. The number of carbonyl (C=O) groups excluding carboxylic acids is 1. The van der Waals surface area contributed by atoms with E-state index in [1.807, 2.05) is 0 Å². The molecule has 0 amide bonds. The Hall–Kier alpha value is -2.18. The van der Waals surface area contributed by atoms with Crippen molar-refractivity contribution in [1.82, 2.24) is 4.98 Å². The Bertz CT molecular complexity index is 696. The summed E-state index contributed by atoms with van der Waals surface area (Å²) in [5.41, 5.74) is -1.52. The SMILES string of the molecule is O=C1CC2Cc3ncccc3C(C(=O)O)(C1)/C2=C/C(F)(F)F. The van der Waals surface area contributed by atoms with E-state index >= 15 is 0 Å². The van der Waals surface area contributed by atoms with Gasteiger partial charge >= 0.3 is 12.1 Å². The molecule has 3 rings (SSSR count). The van der Waals surface area contributed by atoms with Crippen LogP contribution in [0.1, 0.15) is 24.1 Å². The van der Waals surface area contributed by atoms with Crippen molar-refractivity contribution in [3.8, 4) is 0 Å². The molecule has 22 heavy (non-hydrogen) atoms. The highest BCUT2D eigenvalue weighted by Gasteiger charge is 2.56. The molecule has 2 aliphatic rings. The average Bonchev–Trinajstić information content (AvgIpc) is 2.38. The summed E-state index contributed by atoms with van der Waals surface area (Å²) in [4.78, 5) is 27.9. The molecule has 1 heterocycles. The van der Waals surface area contributed by atoms with Crippen molar-refractivity contribution < 1.29 is 27.9 Å². The number of alkyl halides is 3. The number of hydrogen-bond donors (Lipinski definition) is 1. The van der Waals surface area contributed by atoms with Gasteiger partial charge in [0.15, 0.2) is 0 Å². The lowest BCUT2D eigenvalue weighted by Gasteiger charge is -2.44. The number of halogens is 3. The number of allylic oxidation sites excluding steroid dienone is 1. The van der Waals surface area contributed by atoms with E-state index in [2.05, 4.69) is 4.98 Å². The smallest absolute Gasteiger partial charge is 0.409 e. The number of aromatic nitrogens is 1. The van der Waals surface area contributed by atoms with E-state index in [0.717, 1.165) is 0 Å². The highest BCUT2D eigenvalue weighted by molar-refractivity contribution is 5.96. The molecule has 0 saturated heterocycles. The Kier molecular flexibility index (Phi) is 3.12. The van der Waals surface area contributed by atoms with E-state index < -0.39 is 29.9 Å². The largest absolute Gasteiger partial charge is 0.480 e. The van der Waals surface area contributed by atoms with Crippen LogP contribution in [0.5, 0.6) is 0 Å². The fraction of sp³-hybridized carbons (Fsp3) is 0.400. The van der Waals surface area contributed by atoms with E-state index in [4.69, 9.17) is 0 Å². The first-order chi connectivity index (χ1) is 10.2. The topological polar surface area (TPSA) is 67.3 Å². The zero-order valence-corrected chi connectivity index (χ0v) is 11.4. The molecule has 2 bridgehead atoms. The summed E-state index contributed by atoms with van der Waals surface area (Å²) in [5, 5.41) is 9.68. The van der Waals surface area contributed by atoms with Gasteiger partial charge in [-0.15, -0.1) is 0 Å². The van der Waals surface area contributed by atoms with Gasteiger partial charge in [-0.1, -0.05) is 6.07 Å². The highest BCUT2D eigenvalue weighted by Crippen LogP contribution is 2.51. The second-order valence-corrected chi connectivity index (χ2v) is 5.67. The molecule has 2 unspecified atom stereocenters. The summed E-state index contributed by atoms with van der Waals surface area (Å²) in [6.07, 6.45) is -3.47. The minimum atomic E-state index is -4.63. The third-order valence-corrected chi connectivity index (χ3v) is 4.34. The molecule has 1 N–H and O–H groups in total. The maximum atomic E-state index is 12.9. The van der Waals surface area contributed by atoms with E-state index in [-0.39, 0.29) is 35.8 Å². The summed E-state index contributed by atoms with van der Waals surface area (Å²) in [5.74, 6) is -2.53. The van der Waals surface area contributed by atoms with Gasteiger partial charge in [-0.05, 0) is 29.5 Å². The number of Topliss-reactive ketones (excluding diaryl/α,β-unsaturated/α-hetero) is 1. The maximum absolute atomic E-state index is 12.9. The van der Waals surface area contributed by atoms with Gasteiger partial charge in [0.1, 0.15) is 11.2 Å². The second kappa shape index (κ2) is 4.66. The maximum Gasteiger partial charge on any atom is 0.409 e. The molecule has 4 nitrogen and oxygen atoms in total. The summed E-state index contributed by atoms with van der Waals surface area (Å²) in [6.45, 7) is 0. The first-order valence-corrected chi connectivity index (χ1v) is 6.73. The lowest BCUT2D eigenvalue weighted by atomic mass is 9.57. The molecule has 0 aliphatic heterocycles. The van der Waals surface area contributed by atoms with Gasteiger partial charge in [0.2, 0.25) is 0 Å². The molecule has 0 aromatic carbocycles.